The maximum atomic E-state index is 13.0. The highest BCUT2D eigenvalue weighted by Gasteiger charge is 2.39. The first-order chi connectivity index (χ1) is 11.0. The Hall–Kier alpha value is -1.62. The van der Waals surface area contributed by atoms with Crippen LogP contribution in [-0.2, 0) is 7.05 Å². The molecular weight excluding hydrogens is 290 g/mol. The van der Waals surface area contributed by atoms with Gasteiger partial charge in [0.2, 0.25) is 0 Å². The highest BCUT2D eigenvalue weighted by atomic mass is 16.2. The number of amides is 1. The van der Waals surface area contributed by atoms with Crippen LogP contribution >= 0.6 is 0 Å². The molecular formula is C18H27N3O2. The van der Waals surface area contributed by atoms with Crippen molar-refractivity contribution in [2.45, 2.75) is 51.6 Å². The molecule has 2 aliphatic heterocycles. The van der Waals surface area contributed by atoms with Crippen molar-refractivity contribution < 1.29 is 4.79 Å². The molecule has 0 radical (unpaired) electrons. The minimum Gasteiger partial charge on any atom is -0.334 e. The molecule has 2 aliphatic rings. The number of rotatable bonds is 3. The number of hydrogen-bond acceptors (Lipinski definition) is 3. The van der Waals surface area contributed by atoms with Gasteiger partial charge in [-0.3, -0.25) is 14.5 Å². The van der Waals surface area contributed by atoms with Gasteiger partial charge in [-0.2, -0.15) is 0 Å². The molecule has 3 heterocycles. The first-order valence-electron chi connectivity index (χ1n) is 8.76. The van der Waals surface area contributed by atoms with Gasteiger partial charge < -0.3 is 9.47 Å². The number of nitrogens with zero attached hydrogens (tertiary/aromatic N) is 3. The molecule has 2 unspecified atom stereocenters. The van der Waals surface area contributed by atoms with Crippen molar-refractivity contribution in [3.05, 3.63) is 33.7 Å². The van der Waals surface area contributed by atoms with Crippen LogP contribution in [0.25, 0.3) is 0 Å². The number of carbonyl (C=O) groups excluding carboxylic acids is 1. The molecule has 0 saturated carbocycles. The number of likely N-dealkylation sites (tertiary alicyclic amines) is 2. The fourth-order valence-electron chi connectivity index (χ4n) is 4.17. The second-order valence-electron chi connectivity index (χ2n) is 6.80. The van der Waals surface area contributed by atoms with E-state index in [1.54, 1.807) is 17.7 Å². The van der Waals surface area contributed by atoms with Gasteiger partial charge in [-0.05, 0) is 57.8 Å². The van der Waals surface area contributed by atoms with E-state index in [9.17, 15) is 9.59 Å². The molecule has 1 aromatic heterocycles. The predicted molar refractivity (Wildman–Crippen MR) is 90.7 cm³/mol. The Labute approximate surface area is 137 Å². The summed E-state index contributed by atoms with van der Waals surface area (Å²) in [5.41, 5.74) is 1.00. The van der Waals surface area contributed by atoms with Gasteiger partial charge in [0.05, 0.1) is 0 Å². The Kier molecular flexibility index (Phi) is 4.57. The number of pyridine rings is 1. The van der Waals surface area contributed by atoms with E-state index < -0.39 is 0 Å². The van der Waals surface area contributed by atoms with Crippen LogP contribution in [0.5, 0.6) is 0 Å². The van der Waals surface area contributed by atoms with E-state index >= 15 is 0 Å². The summed E-state index contributed by atoms with van der Waals surface area (Å²) in [5, 5.41) is 0. The van der Waals surface area contributed by atoms with Crippen LogP contribution in [0.3, 0.4) is 0 Å². The Morgan fingerprint density at radius 2 is 1.87 bits per heavy atom. The van der Waals surface area contributed by atoms with Crippen LogP contribution in [0.2, 0.25) is 0 Å². The molecule has 0 aliphatic carbocycles. The van der Waals surface area contributed by atoms with Crippen LogP contribution < -0.4 is 5.56 Å². The fraction of sp³-hybridized carbons (Fsp3) is 0.667. The molecule has 5 nitrogen and oxygen atoms in total. The molecule has 23 heavy (non-hydrogen) atoms. The third-order valence-electron chi connectivity index (χ3n) is 5.61. The third-order valence-corrected chi connectivity index (χ3v) is 5.61. The average molecular weight is 317 g/mol. The molecule has 5 heteroatoms. The topological polar surface area (TPSA) is 45.5 Å². The quantitative estimate of drug-likeness (QED) is 0.854. The SMILES string of the molecule is CCN1CCCC1C1CCCN1C(=O)c1ccc(C)n(C)c1=O. The number of aryl methyl sites for hydroxylation is 1. The normalized spacial score (nSPS) is 25.3. The molecule has 2 saturated heterocycles. The minimum absolute atomic E-state index is 0.0870. The number of aromatic nitrogens is 1. The zero-order valence-corrected chi connectivity index (χ0v) is 14.4. The summed E-state index contributed by atoms with van der Waals surface area (Å²) in [6.07, 6.45) is 4.47. The Morgan fingerprint density at radius 1 is 1.17 bits per heavy atom. The van der Waals surface area contributed by atoms with Crippen molar-refractivity contribution in [3.63, 3.8) is 0 Å². The van der Waals surface area contributed by atoms with Gasteiger partial charge in [-0.15, -0.1) is 0 Å². The molecule has 1 aromatic rings. The Morgan fingerprint density at radius 3 is 2.61 bits per heavy atom. The van der Waals surface area contributed by atoms with Crippen LogP contribution in [0.1, 0.15) is 48.7 Å². The number of carbonyl (C=O) groups is 1. The van der Waals surface area contributed by atoms with Crippen molar-refractivity contribution in [2.75, 3.05) is 19.6 Å². The number of hydrogen-bond donors (Lipinski definition) is 0. The Bertz CT molecular complexity index is 652. The summed E-state index contributed by atoms with van der Waals surface area (Å²) in [4.78, 5) is 29.9. The molecule has 2 atom stereocenters. The van der Waals surface area contributed by atoms with Gasteiger partial charge in [0, 0.05) is 31.4 Å². The van der Waals surface area contributed by atoms with Gasteiger partial charge in [-0.25, -0.2) is 0 Å². The van der Waals surface area contributed by atoms with Crippen LogP contribution in [0.4, 0.5) is 0 Å². The maximum Gasteiger partial charge on any atom is 0.263 e. The summed E-state index contributed by atoms with van der Waals surface area (Å²) in [6.45, 7) is 7.01. The summed E-state index contributed by atoms with van der Waals surface area (Å²) in [6, 6.07) is 4.27. The van der Waals surface area contributed by atoms with Gasteiger partial charge in [0.15, 0.2) is 0 Å². The Balaban J connectivity index is 1.87. The van der Waals surface area contributed by atoms with Crippen LogP contribution in [-0.4, -0.2) is 52.0 Å². The van der Waals surface area contributed by atoms with Crippen LogP contribution in [0.15, 0.2) is 16.9 Å². The lowest BCUT2D eigenvalue weighted by Gasteiger charge is -2.34. The van der Waals surface area contributed by atoms with Crippen molar-refractivity contribution in [3.8, 4) is 0 Å². The molecule has 3 rings (SSSR count). The largest absolute Gasteiger partial charge is 0.334 e. The van der Waals surface area contributed by atoms with E-state index in [1.165, 1.54) is 6.42 Å². The van der Waals surface area contributed by atoms with Gasteiger partial charge >= 0.3 is 0 Å². The highest BCUT2D eigenvalue weighted by molar-refractivity contribution is 5.94. The summed E-state index contributed by atoms with van der Waals surface area (Å²) in [5.74, 6) is -0.0870. The van der Waals surface area contributed by atoms with Gasteiger partial charge in [-0.1, -0.05) is 6.92 Å². The van der Waals surface area contributed by atoms with Gasteiger partial charge in [0.25, 0.3) is 11.5 Å². The average Bonchev–Trinajstić information content (AvgIpc) is 3.19. The second kappa shape index (κ2) is 6.48. The molecule has 1 amide bonds. The van der Waals surface area contributed by atoms with E-state index in [1.807, 2.05) is 17.9 Å². The third kappa shape index (κ3) is 2.82. The molecule has 0 spiro atoms. The molecule has 0 bridgehead atoms. The predicted octanol–water partition coefficient (Wildman–Crippen LogP) is 1.78. The standard InChI is InChI=1S/C18H27N3O2/c1-4-20-11-5-7-15(20)16-8-6-12-21(16)18(23)14-10-9-13(2)19(3)17(14)22/h9-10,15-16H,4-8,11-12H2,1-3H3. The second-order valence-corrected chi connectivity index (χ2v) is 6.80. The lowest BCUT2D eigenvalue weighted by molar-refractivity contribution is 0.0647. The summed E-state index contributed by atoms with van der Waals surface area (Å²) >= 11 is 0. The van der Waals surface area contributed by atoms with Crippen molar-refractivity contribution in [2.24, 2.45) is 7.05 Å². The highest BCUT2D eigenvalue weighted by Crippen LogP contribution is 2.30. The monoisotopic (exact) mass is 317 g/mol. The lowest BCUT2D eigenvalue weighted by atomic mass is 10.0. The summed E-state index contributed by atoms with van der Waals surface area (Å²) in [7, 11) is 1.73. The zero-order chi connectivity index (χ0) is 16.6. The van der Waals surface area contributed by atoms with Crippen LogP contribution in [0, 0.1) is 6.92 Å². The maximum absolute atomic E-state index is 13.0. The first kappa shape index (κ1) is 16.2. The smallest absolute Gasteiger partial charge is 0.263 e. The van der Waals surface area contributed by atoms with Crippen molar-refractivity contribution in [1.82, 2.24) is 14.4 Å². The zero-order valence-electron chi connectivity index (χ0n) is 14.4. The van der Waals surface area contributed by atoms with E-state index in [2.05, 4.69) is 11.8 Å². The van der Waals surface area contributed by atoms with E-state index in [4.69, 9.17) is 0 Å². The molecule has 126 valence electrons. The van der Waals surface area contributed by atoms with E-state index in [0.29, 0.717) is 11.6 Å². The van der Waals surface area contributed by atoms with Crippen molar-refractivity contribution in [1.29, 1.82) is 0 Å². The van der Waals surface area contributed by atoms with Gasteiger partial charge in [0.1, 0.15) is 5.56 Å². The van der Waals surface area contributed by atoms with E-state index in [0.717, 1.165) is 44.6 Å². The lowest BCUT2D eigenvalue weighted by Crippen LogP contribution is -2.49. The minimum atomic E-state index is -0.181. The summed E-state index contributed by atoms with van der Waals surface area (Å²) < 4.78 is 1.56. The fourth-order valence-corrected chi connectivity index (χ4v) is 4.17. The first-order valence-corrected chi connectivity index (χ1v) is 8.76. The molecule has 2 fully saturated rings. The number of likely N-dealkylation sites (N-methyl/N-ethyl adjacent to an activating group) is 1. The molecule has 0 aromatic carbocycles. The van der Waals surface area contributed by atoms with E-state index in [-0.39, 0.29) is 17.5 Å². The van der Waals surface area contributed by atoms with Crippen molar-refractivity contribution >= 4 is 5.91 Å². The molecule has 0 N–H and O–H groups in total.